The standard InChI is InChI=1S/C17H16ClNO3S/c1-23(21,22)15-7-4-12(5-8-15)17(20)19-10-2-3-13-11-14(18)6-9-16(13)19/h4-9,11H,2-3,10H2,1H3. The van der Waals surface area contributed by atoms with Gasteiger partial charge in [-0.05, 0) is 60.9 Å². The number of nitrogens with zero attached hydrogens (tertiary/aromatic N) is 1. The minimum absolute atomic E-state index is 0.131. The Hall–Kier alpha value is -1.85. The Morgan fingerprint density at radius 3 is 2.48 bits per heavy atom. The summed E-state index contributed by atoms with van der Waals surface area (Å²) >= 11 is 6.02. The van der Waals surface area contributed by atoms with Gasteiger partial charge in [0, 0.05) is 29.1 Å². The molecule has 1 aliphatic heterocycles. The molecule has 1 heterocycles. The SMILES string of the molecule is CS(=O)(=O)c1ccc(C(=O)N2CCCc3cc(Cl)ccc32)cc1. The number of fused-ring (bicyclic) bond motifs is 1. The molecule has 6 heteroatoms. The van der Waals surface area contributed by atoms with Crippen molar-refractivity contribution in [2.24, 2.45) is 0 Å². The molecule has 0 fully saturated rings. The van der Waals surface area contributed by atoms with Crippen molar-refractivity contribution in [2.45, 2.75) is 17.7 Å². The zero-order valence-electron chi connectivity index (χ0n) is 12.6. The van der Waals surface area contributed by atoms with E-state index in [0.717, 1.165) is 30.3 Å². The first-order chi connectivity index (χ1) is 10.9. The summed E-state index contributed by atoms with van der Waals surface area (Å²) in [5.74, 6) is -0.131. The van der Waals surface area contributed by atoms with Crippen molar-refractivity contribution in [2.75, 3.05) is 17.7 Å². The van der Waals surface area contributed by atoms with Crippen molar-refractivity contribution in [1.29, 1.82) is 0 Å². The summed E-state index contributed by atoms with van der Waals surface area (Å²) in [4.78, 5) is 14.7. The van der Waals surface area contributed by atoms with Crippen LogP contribution in [0.15, 0.2) is 47.4 Å². The van der Waals surface area contributed by atoms with Crippen LogP contribution in [0.1, 0.15) is 22.3 Å². The molecule has 23 heavy (non-hydrogen) atoms. The number of anilines is 1. The molecule has 1 amide bonds. The molecule has 0 saturated heterocycles. The molecule has 0 spiro atoms. The van der Waals surface area contributed by atoms with Crippen LogP contribution < -0.4 is 4.90 Å². The maximum atomic E-state index is 12.8. The lowest BCUT2D eigenvalue weighted by molar-refractivity contribution is 0.0985. The van der Waals surface area contributed by atoms with E-state index in [-0.39, 0.29) is 10.8 Å². The van der Waals surface area contributed by atoms with Crippen LogP contribution in [0.5, 0.6) is 0 Å². The van der Waals surface area contributed by atoms with Gasteiger partial charge in [0.05, 0.1) is 4.90 Å². The third-order valence-corrected chi connectivity index (χ3v) is 5.30. The largest absolute Gasteiger partial charge is 0.308 e. The number of benzene rings is 2. The molecule has 0 radical (unpaired) electrons. The number of hydrogen-bond donors (Lipinski definition) is 0. The maximum Gasteiger partial charge on any atom is 0.258 e. The van der Waals surface area contributed by atoms with Gasteiger partial charge in [-0.3, -0.25) is 4.79 Å². The molecular weight excluding hydrogens is 334 g/mol. The number of hydrogen-bond acceptors (Lipinski definition) is 3. The summed E-state index contributed by atoms with van der Waals surface area (Å²) in [7, 11) is -3.26. The molecule has 0 N–H and O–H groups in total. The number of carbonyl (C=O) groups is 1. The quantitative estimate of drug-likeness (QED) is 0.835. The number of sulfone groups is 1. The molecule has 0 unspecified atom stereocenters. The van der Waals surface area contributed by atoms with Gasteiger partial charge < -0.3 is 4.90 Å². The number of carbonyl (C=O) groups excluding carboxylic acids is 1. The fourth-order valence-corrected chi connectivity index (χ4v) is 3.60. The highest BCUT2D eigenvalue weighted by Gasteiger charge is 2.24. The van der Waals surface area contributed by atoms with Gasteiger partial charge in [0.1, 0.15) is 0 Å². The number of rotatable bonds is 2. The smallest absolute Gasteiger partial charge is 0.258 e. The van der Waals surface area contributed by atoms with Crippen LogP contribution in [0.4, 0.5) is 5.69 Å². The molecule has 0 aliphatic carbocycles. The van der Waals surface area contributed by atoms with E-state index < -0.39 is 9.84 Å². The average Bonchev–Trinajstić information content (AvgIpc) is 2.52. The van der Waals surface area contributed by atoms with Crippen LogP contribution in [0.25, 0.3) is 0 Å². The molecular formula is C17H16ClNO3S. The lowest BCUT2D eigenvalue weighted by Gasteiger charge is -2.29. The normalized spacial score (nSPS) is 14.4. The van der Waals surface area contributed by atoms with Crippen LogP contribution in [0, 0.1) is 0 Å². The Balaban J connectivity index is 1.93. The molecule has 0 aromatic heterocycles. The second kappa shape index (κ2) is 5.98. The molecule has 120 valence electrons. The second-order valence-corrected chi connectivity index (χ2v) is 8.08. The van der Waals surface area contributed by atoms with Crippen molar-refractivity contribution >= 4 is 33.0 Å². The van der Waals surface area contributed by atoms with Gasteiger partial charge in [-0.2, -0.15) is 0 Å². The monoisotopic (exact) mass is 349 g/mol. The van der Waals surface area contributed by atoms with Crippen molar-refractivity contribution in [3.8, 4) is 0 Å². The molecule has 2 aromatic carbocycles. The van der Waals surface area contributed by atoms with Crippen LogP contribution >= 0.6 is 11.6 Å². The zero-order chi connectivity index (χ0) is 16.6. The third kappa shape index (κ3) is 3.26. The van der Waals surface area contributed by atoms with E-state index in [9.17, 15) is 13.2 Å². The van der Waals surface area contributed by atoms with Crippen molar-refractivity contribution < 1.29 is 13.2 Å². The molecule has 4 nitrogen and oxygen atoms in total. The van der Waals surface area contributed by atoms with Gasteiger partial charge in [0.15, 0.2) is 9.84 Å². The fraction of sp³-hybridized carbons (Fsp3) is 0.235. The molecule has 0 bridgehead atoms. The summed E-state index contributed by atoms with van der Waals surface area (Å²) in [5.41, 5.74) is 2.41. The van der Waals surface area contributed by atoms with Crippen LogP contribution in [0.3, 0.4) is 0 Å². The van der Waals surface area contributed by atoms with E-state index in [0.29, 0.717) is 17.1 Å². The van der Waals surface area contributed by atoms with E-state index in [1.807, 2.05) is 12.1 Å². The van der Waals surface area contributed by atoms with Crippen LogP contribution in [-0.2, 0) is 16.3 Å². The lowest BCUT2D eigenvalue weighted by atomic mass is 10.0. The molecule has 1 aliphatic rings. The molecule has 0 atom stereocenters. The minimum atomic E-state index is -3.26. The van der Waals surface area contributed by atoms with Gasteiger partial charge in [0.2, 0.25) is 0 Å². The highest BCUT2D eigenvalue weighted by Crippen LogP contribution is 2.30. The van der Waals surface area contributed by atoms with Crippen molar-refractivity contribution in [1.82, 2.24) is 0 Å². The van der Waals surface area contributed by atoms with E-state index >= 15 is 0 Å². The third-order valence-electron chi connectivity index (χ3n) is 3.93. The average molecular weight is 350 g/mol. The lowest BCUT2D eigenvalue weighted by Crippen LogP contribution is -2.35. The first kappa shape index (κ1) is 16.0. The van der Waals surface area contributed by atoms with E-state index in [1.54, 1.807) is 23.1 Å². The number of halogens is 1. The van der Waals surface area contributed by atoms with Crippen LogP contribution in [-0.4, -0.2) is 27.1 Å². The Morgan fingerprint density at radius 2 is 1.83 bits per heavy atom. The van der Waals surface area contributed by atoms with Crippen molar-refractivity contribution in [3.63, 3.8) is 0 Å². The van der Waals surface area contributed by atoms with Gasteiger partial charge in [-0.25, -0.2) is 8.42 Å². The summed E-state index contributed by atoms with van der Waals surface area (Å²) in [6.07, 6.45) is 2.92. The highest BCUT2D eigenvalue weighted by atomic mass is 35.5. The van der Waals surface area contributed by atoms with Crippen LogP contribution in [0.2, 0.25) is 5.02 Å². The highest BCUT2D eigenvalue weighted by molar-refractivity contribution is 7.90. The molecule has 2 aromatic rings. The first-order valence-corrected chi connectivity index (χ1v) is 9.53. The Kier molecular flexibility index (Phi) is 4.17. The molecule has 3 rings (SSSR count). The topological polar surface area (TPSA) is 54.5 Å². The Morgan fingerprint density at radius 1 is 1.13 bits per heavy atom. The van der Waals surface area contributed by atoms with Gasteiger partial charge in [-0.15, -0.1) is 0 Å². The van der Waals surface area contributed by atoms with Crippen molar-refractivity contribution in [3.05, 3.63) is 58.6 Å². The second-order valence-electron chi connectivity index (χ2n) is 5.63. The number of aryl methyl sites for hydroxylation is 1. The fourth-order valence-electron chi connectivity index (χ4n) is 2.78. The van der Waals surface area contributed by atoms with E-state index in [1.165, 1.54) is 12.1 Å². The number of amides is 1. The maximum absolute atomic E-state index is 12.8. The molecule has 0 saturated carbocycles. The van der Waals surface area contributed by atoms with E-state index in [4.69, 9.17) is 11.6 Å². The minimum Gasteiger partial charge on any atom is -0.308 e. The summed E-state index contributed by atoms with van der Waals surface area (Å²) in [6, 6.07) is 11.6. The van der Waals surface area contributed by atoms with Gasteiger partial charge >= 0.3 is 0 Å². The zero-order valence-corrected chi connectivity index (χ0v) is 14.2. The van der Waals surface area contributed by atoms with Gasteiger partial charge in [0.25, 0.3) is 5.91 Å². The van der Waals surface area contributed by atoms with E-state index in [2.05, 4.69) is 0 Å². The Labute approximate surface area is 140 Å². The summed E-state index contributed by atoms with van der Waals surface area (Å²) in [6.45, 7) is 0.640. The van der Waals surface area contributed by atoms with Gasteiger partial charge in [-0.1, -0.05) is 11.6 Å². The summed E-state index contributed by atoms with van der Waals surface area (Å²) < 4.78 is 23.0. The predicted octanol–water partition coefficient (Wildman–Crippen LogP) is 3.34. The summed E-state index contributed by atoms with van der Waals surface area (Å²) in [5, 5.41) is 0.663. The predicted molar refractivity (Wildman–Crippen MR) is 91.0 cm³/mol. The first-order valence-electron chi connectivity index (χ1n) is 7.27. The Bertz CT molecular complexity index is 860.